The van der Waals surface area contributed by atoms with E-state index in [9.17, 15) is 4.79 Å². The molecule has 4 nitrogen and oxygen atoms in total. The van der Waals surface area contributed by atoms with Gasteiger partial charge in [0.15, 0.2) is 5.13 Å². The third kappa shape index (κ3) is 2.46. The Bertz CT molecular complexity index is 583. The van der Waals surface area contributed by atoms with Crippen molar-refractivity contribution >= 4 is 22.4 Å². The smallest absolute Gasteiger partial charge is 0.257 e. The number of aromatic nitrogens is 1. The molecule has 0 fully saturated rings. The van der Waals surface area contributed by atoms with Crippen LogP contribution in [0, 0.1) is 0 Å². The Balaban J connectivity index is 1.72. The van der Waals surface area contributed by atoms with Crippen molar-refractivity contribution in [2.24, 2.45) is 0 Å². The molecular weight excluding hydrogens is 260 g/mol. The van der Waals surface area contributed by atoms with Gasteiger partial charge in [-0.05, 0) is 43.5 Å². The largest absolute Gasteiger partial charge is 0.497 e. The highest BCUT2D eigenvalue weighted by Gasteiger charge is 2.18. The number of aryl methyl sites for hydroxylation is 2. The molecule has 0 atom stereocenters. The van der Waals surface area contributed by atoms with Gasteiger partial charge in [-0.1, -0.05) is 0 Å². The Kier molecular flexibility index (Phi) is 3.21. The second-order valence-electron chi connectivity index (χ2n) is 4.43. The van der Waals surface area contributed by atoms with E-state index in [-0.39, 0.29) is 5.91 Å². The summed E-state index contributed by atoms with van der Waals surface area (Å²) in [4.78, 5) is 17.8. The molecule has 1 amide bonds. The van der Waals surface area contributed by atoms with E-state index in [1.807, 2.05) is 0 Å². The minimum absolute atomic E-state index is 0.130. The van der Waals surface area contributed by atoms with Crippen LogP contribution in [0.4, 0.5) is 5.13 Å². The summed E-state index contributed by atoms with van der Waals surface area (Å²) in [5.74, 6) is 0.611. The van der Waals surface area contributed by atoms with Crippen molar-refractivity contribution < 1.29 is 9.53 Å². The first kappa shape index (κ1) is 12.2. The standard InChI is InChI=1S/C14H14N2O2S/c1-18-10-7-5-9(6-8-10)13(17)16-14-15-11-3-2-4-12(11)19-14/h5-8H,2-4H2,1H3,(H,15,16,17). The van der Waals surface area contributed by atoms with Crippen LogP contribution in [-0.4, -0.2) is 18.0 Å². The number of thiazole rings is 1. The number of methoxy groups -OCH3 is 1. The highest BCUT2D eigenvalue weighted by molar-refractivity contribution is 7.15. The number of amides is 1. The lowest BCUT2D eigenvalue weighted by atomic mass is 10.2. The molecule has 5 heteroatoms. The van der Waals surface area contributed by atoms with Crippen LogP contribution in [0.2, 0.25) is 0 Å². The van der Waals surface area contributed by atoms with Gasteiger partial charge in [0.05, 0.1) is 12.8 Å². The summed E-state index contributed by atoms with van der Waals surface area (Å²) < 4.78 is 5.07. The molecule has 0 radical (unpaired) electrons. The first-order valence-electron chi connectivity index (χ1n) is 6.20. The Labute approximate surface area is 115 Å². The van der Waals surface area contributed by atoms with Gasteiger partial charge < -0.3 is 4.74 Å². The lowest BCUT2D eigenvalue weighted by Crippen LogP contribution is -2.11. The van der Waals surface area contributed by atoms with Gasteiger partial charge in [0.25, 0.3) is 5.91 Å². The zero-order valence-corrected chi connectivity index (χ0v) is 11.4. The van der Waals surface area contributed by atoms with E-state index in [1.165, 1.54) is 11.3 Å². The molecule has 0 spiro atoms. The summed E-state index contributed by atoms with van der Waals surface area (Å²) in [6.45, 7) is 0. The Morgan fingerprint density at radius 3 is 2.79 bits per heavy atom. The summed E-state index contributed by atoms with van der Waals surface area (Å²) >= 11 is 1.58. The maximum absolute atomic E-state index is 12.1. The summed E-state index contributed by atoms with van der Waals surface area (Å²) in [6, 6.07) is 7.04. The van der Waals surface area contributed by atoms with Crippen LogP contribution in [0.15, 0.2) is 24.3 Å². The molecule has 98 valence electrons. The lowest BCUT2D eigenvalue weighted by molar-refractivity contribution is 0.102. The number of carbonyl (C=O) groups excluding carboxylic acids is 1. The summed E-state index contributed by atoms with van der Waals surface area (Å²) in [6.07, 6.45) is 3.30. The molecule has 1 aromatic heterocycles. The fourth-order valence-corrected chi connectivity index (χ4v) is 3.20. The number of hydrogen-bond donors (Lipinski definition) is 1. The van der Waals surface area contributed by atoms with Crippen LogP contribution >= 0.6 is 11.3 Å². The van der Waals surface area contributed by atoms with Gasteiger partial charge in [-0.15, -0.1) is 11.3 Å². The van der Waals surface area contributed by atoms with Crippen molar-refractivity contribution in [3.05, 3.63) is 40.4 Å². The summed E-state index contributed by atoms with van der Waals surface area (Å²) in [7, 11) is 1.60. The Hall–Kier alpha value is -1.88. The molecule has 1 aromatic carbocycles. The molecule has 3 rings (SSSR count). The van der Waals surface area contributed by atoms with Crippen LogP contribution in [0.3, 0.4) is 0 Å². The van der Waals surface area contributed by atoms with E-state index >= 15 is 0 Å². The molecular formula is C14H14N2O2S. The van der Waals surface area contributed by atoms with E-state index in [0.717, 1.165) is 24.3 Å². The van der Waals surface area contributed by atoms with Gasteiger partial charge in [0.1, 0.15) is 5.75 Å². The zero-order chi connectivity index (χ0) is 13.2. The monoisotopic (exact) mass is 274 g/mol. The zero-order valence-electron chi connectivity index (χ0n) is 10.6. The predicted octanol–water partition coefficient (Wildman–Crippen LogP) is 2.89. The molecule has 1 aliphatic rings. The van der Waals surface area contributed by atoms with Crippen LogP contribution < -0.4 is 10.1 Å². The fraction of sp³-hybridized carbons (Fsp3) is 0.286. The van der Waals surface area contributed by atoms with E-state index in [1.54, 1.807) is 42.7 Å². The van der Waals surface area contributed by atoms with Crippen LogP contribution in [0.25, 0.3) is 0 Å². The van der Waals surface area contributed by atoms with Crippen LogP contribution in [-0.2, 0) is 12.8 Å². The number of anilines is 1. The van der Waals surface area contributed by atoms with Crippen LogP contribution in [0.1, 0.15) is 27.3 Å². The van der Waals surface area contributed by atoms with Crippen molar-refractivity contribution in [3.63, 3.8) is 0 Å². The predicted molar refractivity (Wildman–Crippen MR) is 75.1 cm³/mol. The molecule has 2 aromatic rings. The van der Waals surface area contributed by atoms with Gasteiger partial charge >= 0.3 is 0 Å². The number of benzene rings is 1. The second-order valence-corrected chi connectivity index (χ2v) is 5.51. The molecule has 0 bridgehead atoms. The van der Waals surface area contributed by atoms with Crippen molar-refractivity contribution in [1.82, 2.24) is 4.98 Å². The summed E-state index contributed by atoms with van der Waals surface area (Å²) in [5.41, 5.74) is 1.76. The molecule has 0 saturated carbocycles. The average Bonchev–Trinajstić information content (AvgIpc) is 2.99. The van der Waals surface area contributed by atoms with E-state index < -0.39 is 0 Å². The number of rotatable bonds is 3. The third-order valence-corrected chi connectivity index (χ3v) is 4.24. The number of ether oxygens (including phenoxy) is 1. The average molecular weight is 274 g/mol. The number of fused-ring (bicyclic) bond motifs is 1. The number of hydrogen-bond acceptors (Lipinski definition) is 4. The van der Waals surface area contributed by atoms with Gasteiger partial charge in [-0.25, -0.2) is 4.98 Å². The molecule has 19 heavy (non-hydrogen) atoms. The fourth-order valence-electron chi connectivity index (χ4n) is 2.16. The first-order valence-corrected chi connectivity index (χ1v) is 7.02. The quantitative estimate of drug-likeness (QED) is 0.936. The maximum Gasteiger partial charge on any atom is 0.257 e. The highest BCUT2D eigenvalue weighted by atomic mass is 32.1. The summed E-state index contributed by atoms with van der Waals surface area (Å²) in [5, 5.41) is 3.55. The first-order chi connectivity index (χ1) is 9.26. The Morgan fingerprint density at radius 1 is 1.32 bits per heavy atom. The van der Waals surface area contributed by atoms with Gasteiger partial charge in [-0.3, -0.25) is 10.1 Å². The molecule has 1 heterocycles. The molecule has 0 unspecified atom stereocenters. The third-order valence-electron chi connectivity index (χ3n) is 3.17. The van der Waals surface area contributed by atoms with E-state index in [2.05, 4.69) is 10.3 Å². The normalized spacial score (nSPS) is 13.1. The lowest BCUT2D eigenvalue weighted by Gasteiger charge is -2.03. The van der Waals surface area contributed by atoms with Crippen molar-refractivity contribution in [2.75, 3.05) is 12.4 Å². The number of carbonyl (C=O) groups is 1. The van der Waals surface area contributed by atoms with E-state index in [0.29, 0.717) is 10.7 Å². The van der Waals surface area contributed by atoms with Crippen LogP contribution in [0.5, 0.6) is 5.75 Å². The van der Waals surface area contributed by atoms with Crippen molar-refractivity contribution in [1.29, 1.82) is 0 Å². The number of nitrogens with zero attached hydrogens (tertiary/aromatic N) is 1. The van der Waals surface area contributed by atoms with E-state index in [4.69, 9.17) is 4.74 Å². The van der Waals surface area contributed by atoms with Gasteiger partial charge in [0, 0.05) is 10.4 Å². The molecule has 1 aliphatic carbocycles. The molecule has 1 N–H and O–H groups in total. The second kappa shape index (κ2) is 5.01. The topological polar surface area (TPSA) is 51.2 Å². The molecule has 0 saturated heterocycles. The maximum atomic E-state index is 12.1. The van der Waals surface area contributed by atoms with Crippen molar-refractivity contribution in [3.8, 4) is 5.75 Å². The molecule has 0 aliphatic heterocycles. The van der Waals surface area contributed by atoms with Gasteiger partial charge in [-0.2, -0.15) is 0 Å². The minimum atomic E-state index is -0.130. The van der Waals surface area contributed by atoms with Gasteiger partial charge in [0.2, 0.25) is 0 Å². The Morgan fingerprint density at radius 2 is 2.11 bits per heavy atom. The SMILES string of the molecule is COc1ccc(C(=O)Nc2nc3c(s2)CCC3)cc1. The number of nitrogens with one attached hydrogen (secondary N) is 1. The van der Waals surface area contributed by atoms with Crippen molar-refractivity contribution in [2.45, 2.75) is 19.3 Å². The highest BCUT2D eigenvalue weighted by Crippen LogP contribution is 2.30. The minimum Gasteiger partial charge on any atom is -0.497 e.